The zero-order valence-electron chi connectivity index (χ0n) is 8.91. The average molecular weight is 259 g/mol. The number of alkyl halides is 3. The van der Waals surface area contributed by atoms with E-state index in [1.807, 2.05) is 0 Å². The van der Waals surface area contributed by atoms with Gasteiger partial charge in [-0.15, -0.1) is 0 Å². The van der Waals surface area contributed by atoms with Crippen molar-refractivity contribution in [3.63, 3.8) is 0 Å². The normalized spacial score (nSPS) is 13.2. The monoisotopic (exact) mass is 259 g/mol. The van der Waals surface area contributed by atoms with E-state index in [0.29, 0.717) is 0 Å². The van der Waals surface area contributed by atoms with Crippen molar-refractivity contribution in [1.82, 2.24) is 5.32 Å². The quantitative estimate of drug-likeness (QED) is 0.617. The summed E-state index contributed by atoms with van der Waals surface area (Å²) in [6.45, 7) is -0.387. The number of carboxylic acid groups (broad SMARTS) is 1. The highest BCUT2D eigenvalue weighted by Crippen LogP contribution is 2.14. The Bertz CT molecular complexity index is 268. The molecule has 100 valence electrons. The molecule has 0 aliphatic carbocycles. The van der Waals surface area contributed by atoms with E-state index in [1.54, 1.807) is 0 Å². The summed E-state index contributed by atoms with van der Waals surface area (Å²) in [5.41, 5.74) is 0. The molecule has 0 aliphatic rings. The van der Waals surface area contributed by atoms with Gasteiger partial charge in [0.05, 0.1) is 19.8 Å². The van der Waals surface area contributed by atoms with Crippen LogP contribution in [0.25, 0.3) is 0 Å². The van der Waals surface area contributed by atoms with Gasteiger partial charge in [0.1, 0.15) is 0 Å². The lowest BCUT2D eigenvalue weighted by atomic mass is 10.3. The number of rotatable bonds is 7. The summed E-state index contributed by atoms with van der Waals surface area (Å²) >= 11 is 0. The van der Waals surface area contributed by atoms with Gasteiger partial charge in [-0.05, 0) is 0 Å². The zero-order valence-corrected chi connectivity index (χ0v) is 8.91. The van der Waals surface area contributed by atoms with E-state index in [2.05, 4.69) is 4.74 Å². The van der Waals surface area contributed by atoms with Gasteiger partial charge in [-0.3, -0.25) is 4.79 Å². The lowest BCUT2D eigenvalue weighted by Crippen LogP contribution is -2.49. The molecule has 0 rings (SSSR count). The molecule has 0 saturated heterocycles. The first-order valence-electron chi connectivity index (χ1n) is 4.46. The van der Waals surface area contributed by atoms with E-state index >= 15 is 0 Å². The Morgan fingerprint density at radius 2 is 1.94 bits per heavy atom. The lowest BCUT2D eigenvalue weighted by molar-refractivity contribution is -0.176. The molecule has 0 bridgehead atoms. The molecule has 1 atom stereocenters. The molecule has 0 aliphatic heterocycles. The number of hydrogen-bond donors (Lipinski definition) is 2. The van der Waals surface area contributed by atoms with Crippen LogP contribution in [0.3, 0.4) is 0 Å². The van der Waals surface area contributed by atoms with Gasteiger partial charge < -0.3 is 19.9 Å². The number of hydrogen-bond acceptors (Lipinski definition) is 4. The van der Waals surface area contributed by atoms with Crippen molar-refractivity contribution in [1.29, 1.82) is 0 Å². The van der Waals surface area contributed by atoms with Gasteiger partial charge in [-0.2, -0.15) is 13.2 Å². The highest BCUT2D eigenvalue weighted by atomic mass is 19.4. The number of halogens is 3. The Morgan fingerprint density at radius 3 is 2.35 bits per heavy atom. The number of carbonyl (C=O) groups excluding carboxylic acids is 1. The van der Waals surface area contributed by atoms with Crippen LogP contribution in [0.1, 0.15) is 0 Å². The van der Waals surface area contributed by atoms with Gasteiger partial charge in [-0.1, -0.05) is 0 Å². The molecule has 0 aromatic rings. The molecule has 0 aromatic heterocycles. The Morgan fingerprint density at radius 1 is 1.35 bits per heavy atom. The fourth-order valence-corrected chi connectivity index (χ4v) is 0.758. The van der Waals surface area contributed by atoms with Crippen molar-refractivity contribution >= 4 is 11.9 Å². The second-order valence-corrected chi connectivity index (χ2v) is 2.93. The largest absolute Gasteiger partial charge is 0.480 e. The standard InChI is InChI=1S/C8H12F3NO5/c1-16-2-3-17-4-5(6(13)14)12-7(15)8(9,10)11/h5H,2-4H2,1H3,(H,12,15)(H,13,14)/t5-/m0/s1. The summed E-state index contributed by atoms with van der Waals surface area (Å²) in [5, 5.41) is 9.86. The maximum atomic E-state index is 11.9. The maximum absolute atomic E-state index is 11.9. The topological polar surface area (TPSA) is 84.9 Å². The van der Waals surface area contributed by atoms with E-state index in [1.165, 1.54) is 12.4 Å². The molecular weight excluding hydrogens is 247 g/mol. The van der Waals surface area contributed by atoms with Gasteiger partial charge in [0.15, 0.2) is 6.04 Å². The molecule has 0 radical (unpaired) electrons. The summed E-state index contributed by atoms with van der Waals surface area (Å²) in [7, 11) is 1.38. The number of aliphatic carboxylic acids is 1. The summed E-state index contributed by atoms with van der Waals surface area (Å²) in [4.78, 5) is 21.0. The minimum absolute atomic E-state index is 0.0160. The zero-order chi connectivity index (χ0) is 13.5. The Balaban J connectivity index is 4.17. The van der Waals surface area contributed by atoms with Crippen molar-refractivity contribution < 1.29 is 37.3 Å². The molecule has 1 amide bonds. The van der Waals surface area contributed by atoms with Crippen molar-refractivity contribution in [3.05, 3.63) is 0 Å². The third kappa shape index (κ3) is 6.74. The number of methoxy groups -OCH3 is 1. The molecule has 9 heteroatoms. The smallest absolute Gasteiger partial charge is 0.471 e. The molecular formula is C8H12F3NO5. The average Bonchev–Trinajstić information content (AvgIpc) is 2.20. The van der Waals surface area contributed by atoms with E-state index in [4.69, 9.17) is 9.84 Å². The van der Waals surface area contributed by atoms with Crippen LogP contribution in [0.4, 0.5) is 13.2 Å². The summed E-state index contributed by atoms with van der Waals surface area (Å²) < 4.78 is 44.9. The minimum Gasteiger partial charge on any atom is -0.480 e. The Labute approximate surface area is 94.7 Å². The Kier molecular flexibility index (Phi) is 6.51. The van der Waals surface area contributed by atoms with Crippen LogP contribution in [0.15, 0.2) is 0 Å². The van der Waals surface area contributed by atoms with Crippen LogP contribution in [-0.2, 0) is 19.1 Å². The van der Waals surface area contributed by atoms with Crippen molar-refractivity contribution in [2.45, 2.75) is 12.2 Å². The summed E-state index contributed by atoms with van der Waals surface area (Å²) in [6, 6.07) is -1.75. The first-order valence-corrected chi connectivity index (χ1v) is 4.46. The minimum atomic E-state index is -5.12. The van der Waals surface area contributed by atoms with Gasteiger partial charge in [0.25, 0.3) is 0 Å². The Hall–Kier alpha value is -1.35. The van der Waals surface area contributed by atoms with E-state index in [9.17, 15) is 22.8 Å². The molecule has 0 unspecified atom stereocenters. The first-order chi connectivity index (χ1) is 7.79. The SMILES string of the molecule is COCCOC[C@H](NC(=O)C(F)(F)F)C(=O)O. The van der Waals surface area contributed by atoms with Crippen LogP contribution < -0.4 is 5.32 Å². The molecule has 0 aromatic carbocycles. The van der Waals surface area contributed by atoms with E-state index in [0.717, 1.165) is 0 Å². The number of carboxylic acids is 1. The fraction of sp³-hybridized carbons (Fsp3) is 0.750. The highest BCUT2D eigenvalue weighted by molar-refractivity contribution is 5.86. The molecule has 2 N–H and O–H groups in total. The van der Waals surface area contributed by atoms with E-state index < -0.39 is 30.7 Å². The van der Waals surface area contributed by atoms with Crippen molar-refractivity contribution in [2.24, 2.45) is 0 Å². The van der Waals surface area contributed by atoms with Crippen LogP contribution in [0, 0.1) is 0 Å². The number of nitrogens with one attached hydrogen (secondary N) is 1. The lowest BCUT2D eigenvalue weighted by Gasteiger charge is -2.15. The van der Waals surface area contributed by atoms with Gasteiger partial charge in [-0.25, -0.2) is 4.79 Å². The predicted octanol–water partition coefficient (Wildman–Crippen LogP) is -0.219. The van der Waals surface area contributed by atoms with Crippen molar-refractivity contribution in [2.75, 3.05) is 26.9 Å². The van der Waals surface area contributed by atoms with Crippen LogP contribution >= 0.6 is 0 Å². The second kappa shape index (κ2) is 7.07. The molecule has 6 nitrogen and oxygen atoms in total. The van der Waals surface area contributed by atoms with Gasteiger partial charge in [0.2, 0.25) is 0 Å². The van der Waals surface area contributed by atoms with Crippen LogP contribution in [0.2, 0.25) is 0 Å². The maximum Gasteiger partial charge on any atom is 0.471 e. The van der Waals surface area contributed by atoms with E-state index in [-0.39, 0.29) is 13.2 Å². The predicted molar refractivity (Wildman–Crippen MR) is 48.3 cm³/mol. The number of ether oxygens (including phenoxy) is 2. The first kappa shape index (κ1) is 15.7. The highest BCUT2D eigenvalue weighted by Gasteiger charge is 2.40. The number of carbonyl (C=O) groups is 2. The van der Waals surface area contributed by atoms with Gasteiger partial charge in [0, 0.05) is 7.11 Å². The molecule has 0 spiro atoms. The molecule has 17 heavy (non-hydrogen) atoms. The number of amides is 1. The van der Waals surface area contributed by atoms with Crippen LogP contribution in [0.5, 0.6) is 0 Å². The third-order valence-electron chi connectivity index (χ3n) is 1.58. The second-order valence-electron chi connectivity index (χ2n) is 2.93. The third-order valence-corrected chi connectivity index (χ3v) is 1.58. The summed E-state index contributed by atoms with van der Waals surface area (Å²) in [5.74, 6) is -3.93. The molecule has 0 fully saturated rings. The van der Waals surface area contributed by atoms with Gasteiger partial charge >= 0.3 is 18.1 Å². The van der Waals surface area contributed by atoms with Crippen molar-refractivity contribution in [3.8, 4) is 0 Å². The molecule has 0 heterocycles. The van der Waals surface area contributed by atoms with Crippen LogP contribution in [-0.4, -0.2) is 56.1 Å². The fourth-order valence-electron chi connectivity index (χ4n) is 0.758. The summed E-state index contributed by atoms with van der Waals surface area (Å²) in [6.07, 6.45) is -5.12. The molecule has 0 saturated carbocycles.